The van der Waals surface area contributed by atoms with Crippen molar-refractivity contribution in [3.05, 3.63) is 29.2 Å². The van der Waals surface area contributed by atoms with Crippen molar-refractivity contribution in [2.24, 2.45) is 0 Å². The molecule has 0 amide bonds. The number of hydrogen-bond acceptors (Lipinski definition) is 5. The number of carboxylic acids is 1. The molecule has 92 valence electrons. The minimum absolute atomic E-state index is 0.458. The van der Waals surface area contributed by atoms with Gasteiger partial charge in [0.2, 0.25) is 0 Å². The summed E-state index contributed by atoms with van der Waals surface area (Å²) in [5.74, 6) is -1.24. The van der Waals surface area contributed by atoms with E-state index < -0.39 is 11.9 Å². The van der Waals surface area contributed by atoms with Gasteiger partial charge in [-0.15, -0.1) is 11.3 Å². The van der Waals surface area contributed by atoms with Gasteiger partial charge in [-0.25, -0.2) is 15.0 Å². The number of aliphatic carboxylic acids is 1. The smallest absolute Gasteiger partial charge is 0.312 e. The highest BCUT2D eigenvalue weighted by Crippen LogP contribution is 2.37. The molecule has 1 aliphatic rings. The van der Waals surface area contributed by atoms with Crippen LogP contribution in [0.2, 0.25) is 0 Å². The monoisotopic (exact) mass is 261 g/mol. The molecule has 0 spiro atoms. The fourth-order valence-electron chi connectivity index (χ4n) is 2.19. The van der Waals surface area contributed by atoms with Gasteiger partial charge >= 0.3 is 5.97 Å². The number of hydrogen-bond donors (Lipinski definition) is 1. The van der Waals surface area contributed by atoms with Gasteiger partial charge in [-0.1, -0.05) is 0 Å². The third kappa shape index (κ3) is 1.88. The molecule has 5 nitrogen and oxygen atoms in total. The van der Waals surface area contributed by atoms with Crippen molar-refractivity contribution in [3.8, 4) is 10.7 Å². The number of nitrogens with zero attached hydrogens (tertiary/aromatic N) is 3. The average molecular weight is 261 g/mol. The van der Waals surface area contributed by atoms with E-state index in [2.05, 4.69) is 15.0 Å². The predicted octanol–water partition coefficient (Wildman–Crippen LogP) is 2.10. The van der Waals surface area contributed by atoms with E-state index in [1.807, 2.05) is 0 Å². The zero-order chi connectivity index (χ0) is 12.5. The predicted molar refractivity (Wildman–Crippen MR) is 66.5 cm³/mol. The van der Waals surface area contributed by atoms with Crippen LogP contribution >= 0.6 is 11.3 Å². The Morgan fingerprint density at radius 1 is 1.50 bits per heavy atom. The van der Waals surface area contributed by atoms with Crippen LogP contribution in [0.3, 0.4) is 0 Å². The van der Waals surface area contributed by atoms with Crippen LogP contribution in [0.25, 0.3) is 10.7 Å². The Morgan fingerprint density at radius 2 is 2.39 bits per heavy atom. The van der Waals surface area contributed by atoms with Crippen molar-refractivity contribution in [1.29, 1.82) is 0 Å². The van der Waals surface area contributed by atoms with E-state index >= 15 is 0 Å². The first-order valence-electron chi connectivity index (χ1n) is 5.74. The maximum Gasteiger partial charge on any atom is 0.312 e. The standard InChI is InChI=1S/C12H11N3O2S/c16-12(17)7-2-1-3-9-10(7)15-11(18-9)8-4-5-13-6-14-8/h4-7H,1-3H2,(H,16,17). The summed E-state index contributed by atoms with van der Waals surface area (Å²) in [7, 11) is 0. The van der Waals surface area contributed by atoms with Gasteiger partial charge in [0.1, 0.15) is 22.9 Å². The van der Waals surface area contributed by atoms with Crippen molar-refractivity contribution in [1.82, 2.24) is 15.0 Å². The van der Waals surface area contributed by atoms with E-state index in [-0.39, 0.29) is 0 Å². The third-order valence-electron chi connectivity index (χ3n) is 3.05. The highest BCUT2D eigenvalue weighted by Gasteiger charge is 2.30. The molecule has 0 saturated carbocycles. The van der Waals surface area contributed by atoms with Crippen molar-refractivity contribution in [2.45, 2.75) is 25.2 Å². The minimum Gasteiger partial charge on any atom is -0.481 e. The molecule has 1 atom stereocenters. The first-order chi connectivity index (χ1) is 8.75. The van der Waals surface area contributed by atoms with Crippen LogP contribution in [0.15, 0.2) is 18.6 Å². The van der Waals surface area contributed by atoms with Gasteiger partial charge in [0.15, 0.2) is 0 Å². The third-order valence-corrected chi connectivity index (χ3v) is 4.21. The van der Waals surface area contributed by atoms with Crippen molar-refractivity contribution >= 4 is 17.3 Å². The highest BCUT2D eigenvalue weighted by atomic mass is 32.1. The topological polar surface area (TPSA) is 76.0 Å². The second-order valence-electron chi connectivity index (χ2n) is 4.21. The molecule has 6 heteroatoms. The van der Waals surface area contributed by atoms with Gasteiger partial charge in [-0.3, -0.25) is 4.79 Å². The molecule has 1 unspecified atom stereocenters. The molecule has 1 aliphatic carbocycles. The van der Waals surface area contributed by atoms with Gasteiger partial charge < -0.3 is 5.11 Å². The highest BCUT2D eigenvalue weighted by molar-refractivity contribution is 7.15. The van der Waals surface area contributed by atoms with Crippen LogP contribution in [-0.2, 0) is 11.2 Å². The van der Waals surface area contributed by atoms with E-state index in [1.165, 1.54) is 6.33 Å². The van der Waals surface area contributed by atoms with Crippen LogP contribution in [0.1, 0.15) is 29.3 Å². The summed E-state index contributed by atoms with van der Waals surface area (Å²) >= 11 is 1.54. The Labute approximate surface area is 108 Å². The second-order valence-corrected chi connectivity index (χ2v) is 5.29. The molecule has 0 aliphatic heterocycles. The number of rotatable bonds is 2. The first kappa shape index (κ1) is 11.3. The number of aromatic nitrogens is 3. The molecule has 0 fully saturated rings. The van der Waals surface area contributed by atoms with Crippen LogP contribution in [0.4, 0.5) is 0 Å². The lowest BCUT2D eigenvalue weighted by Gasteiger charge is -2.16. The number of aryl methyl sites for hydroxylation is 1. The lowest BCUT2D eigenvalue weighted by molar-refractivity contribution is -0.139. The zero-order valence-corrected chi connectivity index (χ0v) is 10.4. The van der Waals surface area contributed by atoms with Gasteiger partial charge in [0.25, 0.3) is 0 Å². The van der Waals surface area contributed by atoms with Crippen molar-refractivity contribution in [2.75, 3.05) is 0 Å². The van der Waals surface area contributed by atoms with Crippen LogP contribution in [0.5, 0.6) is 0 Å². The quantitative estimate of drug-likeness (QED) is 0.896. The number of carbonyl (C=O) groups is 1. The molecule has 18 heavy (non-hydrogen) atoms. The van der Waals surface area contributed by atoms with Crippen molar-refractivity contribution < 1.29 is 9.90 Å². The van der Waals surface area contributed by atoms with Crippen LogP contribution in [-0.4, -0.2) is 26.0 Å². The van der Waals surface area contributed by atoms with Crippen LogP contribution < -0.4 is 0 Å². The van der Waals surface area contributed by atoms with E-state index in [4.69, 9.17) is 0 Å². The average Bonchev–Trinajstić information content (AvgIpc) is 2.83. The van der Waals surface area contributed by atoms with Gasteiger partial charge in [-0.2, -0.15) is 0 Å². The summed E-state index contributed by atoms with van der Waals surface area (Å²) in [5.41, 5.74) is 1.49. The maximum absolute atomic E-state index is 11.2. The SMILES string of the molecule is O=C(O)C1CCCc2sc(-c3ccncn3)nc21. The number of carboxylic acid groups (broad SMARTS) is 1. The molecule has 1 N–H and O–H groups in total. The molecule has 3 rings (SSSR count). The van der Waals surface area contributed by atoms with E-state index in [9.17, 15) is 9.90 Å². The minimum atomic E-state index is -0.782. The summed E-state index contributed by atoms with van der Waals surface area (Å²) in [5, 5.41) is 9.99. The summed E-state index contributed by atoms with van der Waals surface area (Å²) in [4.78, 5) is 24.8. The molecule has 2 aromatic heterocycles. The first-order valence-corrected chi connectivity index (χ1v) is 6.56. The van der Waals surface area contributed by atoms with Crippen molar-refractivity contribution in [3.63, 3.8) is 0 Å². The van der Waals surface area contributed by atoms with E-state index in [0.29, 0.717) is 6.42 Å². The molecule has 0 bridgehead atoms. The Morgan fingerprint density at radius 3 is 3.11 bits per heavy atom. The van der Waals surface area contributed by atoms with Gasteiger partial charge in [-0.05, 0) is 25.3 Å². The molecule has 0 aromatic carbocycles. The Balaban J connectivity index is 2.04. The molecule has 0 saturated heterocycles. The van der Waals surface area contributed by atoms with Gasteiger partial charge in [0.05, 0.1) is 5.69 Å². The summed E-state index contributed by atoms with van der Waals surface area (Å²) in [6, 6.07) is 1.79. The fraction of sp³-hybridized carbons (Fsp3) is 0.333. The second kappa shape index (κ2) is 4.45. The normalized spacial score (nSPS) is 18.3. The summed E-state index contributed by atoms with van der Waals surface area (Å²) in [6.07, 6.45) is 5.65. The fourth-order valence-corrected chi connectivity index (χ4v) is 3.33. The number of fused-ring (bicyclic) bond motifs is 1. The zero-order valence-electron chi connectivity index (χ0n) is 9.54. The summed E-state index contributed by atoms with van der Waals surface area (Å²) < 4.78 is 0. The largest absolute Gasteiger partial charge is 0.481 e. The lowest BCUT2D eigenvalue weighted by atomic mass is 9.91. The molecule has 2 aromatic rings. The Kier molecular flexibility index (Phi) is 2.79. The number of thiazole rings is 1. The Bertz CT molecular complexity index is 582. The molecular formula is C12H11N3O2S. The molecule has 0 radical (unpaired) electrons. The van der Waals surface area contributed by atoms with Crippen LogP contribution in [0, 0.1) is 0 Å². The van der Waals surface area contributed by atoms with E-state index in [1.54, 1.807) is 23.6 Å². The maximum atomic E-state index is 11.2. The molecule has 2 heterocycles. The van der Waals surface area contributed by atoms with E-state index in [0.717, 1.165) is 34.1 Å². The van der Waals surface area contributed by atoms with Gasteiger partial charge in [0, 0.05) is 11.1 Å². The lowest BCUT2D eigenvalue weighted by Crippen LogP contribution is -2.17. The Hall–Kier alpha value is -1.82. The molecular weight excluding hydrogens is 250 g/mol. The summed E-state index contributed by atoms with van der Waals surface area (Å²) in [6.45, 7) is 0.